The molecule has 0 bridgehead atoms. The van der Waals surface area contributed by atoms with Crippen molar-refractivity contribution in [3.8, 4) is 0 Å². The number of halogens is 3. The molecule has 9 heteroatoms. The van der Waals surface area contributed by atoms with Crippen LogP contribution in [0.2, 0.25) is 0 Å². The molecule has 0 amide bonds. The lowest BCUT2D eigenvalue weighted by Gasteiger charge is -2.36. The number of hydrogen-bond acceptors (Lipinski definition) is 6. The minimum atomic E-state index is -4.38. The monoisotopic (exact) mass is 591 g/mol. The van der Waals surface area contributed by atoms with Gasteiger partial charge in [-0.3, -0.25) is 9.59 Å². The van der Waals surface area contributed by atoms with Gasteiger partial charge in [0.25, 0.3) is 0 Å². The van der Waals surface area contributed by atoms with E-state index in [1.807, 2.05) is 29.2 Å². The van der Waals surface area contributed by atoms with Crippen molar-refractivity contribution < 1.29 is 22.8 Å². The highest BCUT2D eigenvalue weighted by atomic mass is 32.2. The summed E-state index contributed by atoms with van der Waals surface area (Å²) in [4.78, 5) is 34.0. The van der Waals surface area contributed by atoms with E-state index in [2.05, 4.69) is 9.80 Å². The zero-order valence-electron chi connectivity index (χ0n) is 23.2. The van der Waals surface area contributed by atoms with Crippen LogP contribution in [0.1, 0.15) is 45.5 Å². The molecule has 0 N–H and O–H groups in total. The van der Waals surface area contributed by atoms with Gasteiger partial charge in [-0.25, -0.2) is 0 Å². The molecule has 0 radical (unpaired) electrons. The molecule has 0 atom stereocenters. The standard InChI is InChI=1S/C33H32F3N3O2S/c34-33(35,36)24-12-13-31-28(22-24)39(27-10-3-4-11-30(27)42-31)16-6-15-38-19-17-37(18-20-38)14-5-7-23-21-29(40)25-8-1-2-9-26(25)32(23)41/h1-4,8-13,21-22H,5-7,14-20H2. The predicted octanol–water partition coefficient (Wildman–Crippen LogP) is 7.10. The maximum atomic E-state index is 13.5. The van der Waals surface area contributed by atoms with E-state index in [4.69, 9.17) is 0 Å². The third-order valence-electron chi connectivity index (χ3n) is 8.23. The summed E-state index contributed by atoms with van der Waals surface area (Å²) in [5.74, 6) is -0.132. The van der Waals surface area contributed by atoms with E-state index in [-0.39, 0.29) is 11.6 Å². The number of carbonyl (C=O) groups excluding carboxylic acids is 2. The summed E-state index contributed by atoms with van der Waals surface area (Å²) in [7, 11) is 0. The van der Waals surface area contributed by atoms with E-state index >= 15 is 0 Å². The molecule has 0 unspecified atom stereocenters. The summed E-state index contributed by atoms with van der Waals surface area (Å²) in [6.07, 6.45) is -0.635. The second kappa shape index (κ2) is 12.1. The van der Waals surface area contributed by atoms with Crippen molar-refractivity contribution in [3.63, 3.8) is 0 Å². The van der Waals surface area contributed by atoms with Gasteiger partial charge < -0.3 is 14.7 Å². The number of hydrogen-bond donors (Lipinski definition) is 0. The molecule has 2 heterocycles. The normalized spacial score (nSPS) is 17.5. The Morgan fingerprint density at radius 1 is 0.714 bits per heavy atom. The lowest BCUT2D eigenvalue weighted by Crippen LogP contribution is -2.47. The SMILES string of the molecule is O=C1C=C(CCCN2CCN(CCCN3c4ccccc4Sc4ccc(C(F)(F)F)cc43)CC2)C(=O)c2ccccc21. The number of benzene rings is 3. The number of nitrogens with zero attached hydrogens (tertiary/aromatic N) is 3. The molecule has 1 fully saturated rings. The first-order valence-electron chi connectivity index (χ1n) is 14.4. The Hall–Kier alpha value is -3.40. The number of piperazine rings is 1. The minimum absolute atomic E-state index is 0.0396. The first kappa shape index (κ1) is 28.7. The molecule has 0 aromatic heterocycles. The fraction of sp³-hybridized carbons (Fsp3) is 0.333. The highest BCUT2D eigenvalue weighted by molar-refractivity contribution is 7.99. The first-order chi connectivity index (χ1) is 20.3. The van der Waals surface area contributed by atoms with Crippen LogP contribution in [0.5, 0.6) is 0 Å². The van der Waals surface area contributed by atoms with Crippen molar-refractivity contribution in [1.82, 2.24) is 9.80 Å². The molecular weight excluding hydrogens is 559 g/mol. The minimum Gasteiger partial charge on any atom is -0.340 e. The van der Waals surface area contributed by atoms with E-state index in [9.17, 15) is 22.8 Å². The van der Waals surface area contributed by atoms with Crippen molar-refractivity contribution in [2.45, 2.75) is 35.2 Å². The van der Waals surface area contributed by atoms with Crippen molar-refractivity contribution in [2.24, 2.45) is 0 Å². The van der Waals surface area contributed by atoms with Crippen LogP contribution in [-0.2, 0) is 6.18 Å². The molecule has 3 aromatic carbocycles. The number of rotatable bonds is 8. The number of para-hydroxylation sites is 1. The molecule has 2 aliphatic heterocycles. The maximum absolute atomic E-state index is 13.5. The van der Waals surface area contributed by atoms with Gasteiger partial charge in [0, 0.05) is 59.2 Å². The Morgan fingerprint density at radius 3 is 2.10 bits per heavy atom. The summed E-state index contributed by atoms with van der Waals surface area (Å²) < 4.78 is 40.5. The molecular formula is C33H32F3N3O2S. The fourth-order valence-electron chi connectivity index (χ4n) is 5.98. The number of ketones is 2. The average molecular weight is 592 g/mol. The van der Waals surface area contributed by atoms with Gasteiger partial charge in [-0.15, -0.1) is 0 Å². The highest BCUT2D eigenvalue weighted by Gasteiger charge is 2.33. The second-order valence-electron chi connectivity index (χ2n) is 11.0. The van der Waals surface area contributed by atoms with Crippen LogP contribution in [0.25, 0.3) is 0 Å². The summed E-state index contributed by atoms with van der Waals surface area (Å²) in [6, 6.07) is 18.9. The summed E-state index contributed by atoms with van der Waals surface area (Å²) in [5, 5.41) is 0. The van der Waals surface area contributed by atoms with Crippen molar-refractivity contribution in [1.29, 1.82) is 0 Å². The van der Waals surface area contributed by atoms with E-state index in [1.54, 1.807) is 30.3 Å². The summed E-state index contributed by atoms with van der Waals surface area (Å²) in [5.41, 5.74) is 2.54. The average Bonchev–Trinajstić information content (AvgIpc) is 2.99. The third kappa shape index (κ3) is 6.04. The number of fused-ring (bicyclic) bond motifs is 3. The van der Waals surface area contributed by atoms with Crippen molar-refractivity contribution in [2.75, 3.05) is 50.7 Å². The van der Waals surface area contributed by atoms with Crippen LogP contribution in [0.3, 0.4) is 0 Å². The van der Waals surface area contributed by atoms with Gasteiger partial charge >= 0.3 is 6.18 Å². The maximum Gasteiger partial charge on any atom is 0.416 e. The largest absolute Gasteiger partial charge is 0.416 e. The van der Waals surface area contributed by atoms with E-state index < -0.39 is 11.7 Å². The highest BCUT2D eigenvalue weighted by Crippen LogP contribution is 2.49. The molecule has 5 nitrogen and oxygen atoms in total. The number of allylic oxidation sites excluding steroid dienone is 2. The topological polar surface area (TPSA) is 43.9 Å². The Balaban J connectivity index is 0.992. The Kier molecular flexibility index (Phi) is 8.25. The predicted molar refractivity (Wildman–Crippen MR) is 159 cm³/mol. The van der Waals surface area contributed by atoms with Gasteiger partial charge in [-0.05, 0) is 68.8 Å². The van der Waals surface area contributed by atoms with E-state index in [0.29, 0.717) is 35.4 Å². The zero-order chi connectivity index (χ0) is 29.3. The van der Waals surface area contributed by atoms with Gasteiger partial charge in [0.2, 0.25) is 0 Å². The molecule has 3 aromatic rings. The Labute approximate surface area is 248 Å². The van der Waals surface area contributed by atoms with Gasteiger partial charge in [-0.2, -0.15) is 13.2 Å². The van der Waals surface area contributed by atoms with E-state index in [0.717, 1.165) is 67.6 Å². The van der Waals surface area contributed by atoms with Crippen LogP contribution in [0, 0.1) is 0 Å². The number of anilines is 2. The quantitative estimate of drug-likeness (QED) is 0.279. The molecule has 218 valence electrons. The van der Waals surface area contributed by atoms with Gasteiger partial charge in [0.05, 0.1) is 16.9 Å². The van der Waals surface area contributed by atoms with Crippen LogP contribution in [0.4, 0.5) is 24.5 Å². The molecule has 1 aliphatic carbocycles. The molecule has 3 aliphatic rings. The summed E-state index contributed by atoms with van der Waals surface area (Å²) in [6.45, 7) is 6.08. The fourth-order valence-corrected chi connectivity index (χ4v) is 7.06. The Bertz CT molecular complexity index is 1530. The lowest BCUT2D eigenvalue weighted by molar-refractivity contribution is -0.137. The molecule has 1 saturated heterocycles. The van der Waals surface area contributed by atoms with Crippen molar-refractivity contribution >= 4 is 34.7 Å². The van der Waals surface area contributed by atoms with Gasteiger partial charge in [0.1, 0.15) is 0 Å². The molecule has 6 rings (SSSR count). The number of alkyl halides is 3. The van der Waals surface area contributed by atoms with Crippen molar-refractivity contribution in [3.05, 3.63) is 95.1 Å². The zero-order valence-corrected chi connectivity index (χ0v) is 24.0. The van der Waals surface area contributed by atoms with E-state index in [1.165, 1.54) is 30.0 Å². The first-order valence-corrected chi connectivity index (χ1v) is 15.2. The smallest absolute Gasteiger partial charge is 0.340 e. The number of carbonyl (C=O) groups is 2. The van der Waals surface area contributed by atoms with Crippen LogP contribution in [0.15, 0.2) is 88.2 Å². The number of Topliss-reactive ketones (excluding diaryl/α,β-unsaturated/α-hetero) is 1. The van der Waals surface area contributed by atoms with Gasteiger partial charge in [-0.1, -0.05) is 48.2 Å². The third-order valence-corrected chi connectivity index (χ3v) is 9.36. The lowest BCUT2D eigenvalue weighted by atomic mass is 9.87. The summed E-state index contributed by atoms with van der Waals surface area (Å²) >= 11 is 1.52. The molecule has 0 saturated carbocycles. The van der Waals surface area contributed by atoms with Crippen LogP contribution >= 0.6 is 11.8 Å². The molecule has 0 spiro atoms. The Morgan fingerprint density at radius 2 is 1.36 bits per heavy atom. The second-order valence-corrected chi connectivity index (χ2v) is 12.0. The molecule has 42 heavy (non-hydrogen) atoms. The van der Waals surface area contributed by atoms with Crippen LogP contribution in [-0.4, -0.2) is 67.2 Å². The van der Waals surface area contributed by atoms with Gasteiger partial charge in [0.15, 0.2) is 11.6 Å². The van der Waals surface area contributed by atoms with Crippen LogP contribution < -0.4 is 4.90 Å².